The molecule has 1 aromatic heterocycles. The molecule has 2 amide bonds. The number of rotatable bonds is 9. The van der Waals surface area contributed by atoms with Crippen molar-refractivity contribution < 1.29 is 14.3 Å². The van der Waals surface area contributed by atoms with Crippen LogP contribution < -0.4 is 20.3 Å². The van der Waals surface area contributed by atoms with Crippen molar-refractivity contribution in [1.82, 2.24) is 14.8 Å². The van der Waals surface area contributed by atoms with E-state index in [9.17, 15) is 9.59 Å². The van der Waals surface area contributed by atoms with Crippen molar-refractivity contribution >= 4 is 34.2 Å². The Balaban J connectivity index is 1.58. The molecule has 2 heterocycles. The maximum absolute atomic E-state index is 13.2. The van der Waals surface area contributed by atoms with Gasteiger partial charge in [0.2, 0.25) is 0 Å². The van der Waals surface area contributed by atoms with E-state index >= 15 is 0 Å². The number of halogens is 1. The summed E-state index contributed by atoms with van der Waals surface area (Å²) in [5.41, 5.74) is 1.44. The Hall–Kier alpha value is -3.23. The van der Waals surface area contributed by atoms with Crippen molar-refractivity contribution in [2.45, 2.75) is 26.8 Å². The molecule has 0 saturated heterocycles. The molecule has 0 unspecified atom stereocenters. The number of aromatic nitrogens is 1. The van der Waals surface area contributed by atoms with Gasteiger partial charge in [-0.05, 0) is 50.3 Å². The van der Waals surface area contributed by atoms with Gasteiger partial charge in [0.05, 0.1) is 22.8 Å². The summed E-state index contributed by atoms with van der Waals surface area (Å²) in [6, 6.07) is 12.2. The number of urea groups is 1. The summed E-state index contributed by atoms with van der Waals surface area (Å²) in [6.07, 6.45) is 0.780. The minimum atomic E-state index is -0.306. The van der Waals surface area contributed by atoms with Crippen LogP contribution in [0.1, 0.15) is 25.8 Å². The molecule has 2 N–H and O–H groups in total. The molecule has 2 aromatic carbocycles. The number of anilines is 1. The summed E-state index contributed by atoms with van der Waals surface area (Å²) in [7, 11) is 0. The fourth-order valence-electron chi connectivity index (χ4n) is 4.15. The Morgan fingerprint density at radius 1 is 1.06 bits per heavy atom. The quantitative estimate of drug-likeness (QED) is 0.446. The number of carbonyl (C=O) groups is 1. The standard InChI is InChI=1S/C26H31ClN4O4/c1-3-30(4-2)10-7-11-31(26(33)29-21-9-6-5-8-20(21)27)17-19-14-18-15-23-24(35-13-12-34-23)16-22(18)28-25(19)32/h5-6,8-9,14-16H,3-4,7,10-13,17H2,1-2H3,(H,28,32)(H,29,33). The molecule has 4 rings (SSSR count). The maximum atomic E-state index is 13.2. The van der Waals surface area contributed by atoms with E-state index < -0.39 is 0 Å². The Morgan fingerprint density at radius 2 is 1.77 bits per heavy atom. The second-order valence-corrected chi connectivity index (χ2v) is 8.83. The van der Waals surface area contributed by atoms with Crippen molar-refractivity contribution in [3.05, 3.63) is 63.4 Å². The largest absolute Gasteiger partial charge is 0.486 e. The fourth-order valence-corrected chi connectivity index (χ4v) is 4.33. The number of para-hydroxylation sites is 1. The number of nitrogens with zero attached hydrogens (tertiary/aromatic N) is 2. The van der Waals surface area contributed by atoms with Gasteiger partial charge in [0.1, 0.15) is 13.2 Å². The first-order chi connectivity index (χ1) is 17.0. The van der Waals surface area contributed by atoms with E-state index in [2.05, 4.69) is 29.0 Å². The number of aromatic amines is 1. The first-order valence-corrected chi connectivity index (χ1v) is 12.3. The Kier molecular flexibility index (Phi) is 8.15. The van der Waals surface area contributed by atoms with Crippen LogP contribution in [0.3, 0.4) is 0 Å². The van der Waals surface area contributed by atoms with Crippen LogP contribution in [-0.2, 0) is 6.54 Å². The molecule has 0 radical (unpaired) electrons. The zero-order valence-electron chi connectivity index (χ0n) is 20.1. The normalized spacial score (nSPS) is 12.7. The van der Waals surface area contributed by atoms with Gasteiger partial charge in [-0.25, -0.2) is 4.79 Å². The topological polar surface area (TPSA) is 86.9 Å². The van der Waals surface area contributed by atoms with E-state index in [1.54, 1.807) is 23.1 Å². The van der Waals surface area contributed by atoms with Gasteiger partial charge < -0.3 is 29.6 Å². The molecular formula is C26H31ClN4O4. The van der Waals surface area contributed by atoms with Gasteiger partial charge in [-0.1, -0.05) is 37.6 Å². The third-order valence-corrected chi connectivity index (χ3v) is 6.47. The molecular weight excluding hydrogens is 468 g/mol. The summed E-state index contributed by atoms with van der Waals surface area (Å²) in [6.45, 7) is 8.60. The van der Waals surface area contributed by atoms with Crippen LogP contribution in [0, 0.1) is 0 Å². The van der Waals surface area contributed by atoms with E-state index in [0.29, 0.717) is 53.0 Å². The summed E-state index contributed by atoms with van der Waals surface area (Å²) in [5.74, 6) is 1.26. The SMILES string of the molecule is CCN(CC)CCCN(Cc1cc2cc3c(cc2[nH]c1=O)OCCO3)C(=O)Nc1ccccc1Cl. The van der Waals surface area contributed by atoms with E-state index in [1.807, 2.05) is 24.3 Å². The van der Waals surface area contributed by atoms with Crippen molar-refractivity contribution in [2.24, 2.45) is 0 Å². The van der Waals surface area contributed by atoms with E-state index in [1.165, 1.54) is 0 Å². The molecule has 0 spiro atoms. The van der Waals surface area contributed by atoms with Crippen molar-refractivity contribution in [1.29, 1.82) is 0 Å². The predicted molar refractivity (Wildman–Crippen MR) is 139 cm³/mol. The molecule has 35 heavy (non-hydrogen) atoms. The van der Waals surface area contributed by atoms with Crippen molar-refractivity contribution in [3.8, 4) is 11.5 Å². The monoisotopic (exact) mass is 498 g/mol. The summed E-state index contributed by atoms with van der Waals surface area (Å²) < 4.78 is 11.3. The van der Waals surface area contributed by atoms with Crippen molar-refractivity contribution in [3.63, 3.8) is 0 Å². The number of carbonyl (C=O) groups excluding carboxylic acids is 1. The Bertz CT molecular complexity index is 1240. The zero-order chi connectivity index (χ0) is 24.8. The van der Waals surface area contributed by atoms with Crippen LogP contribution in [-0.4, -0.2) is 60.2 Å². The summed E-state index contributed by atoms with van der Waals surface area (Å²) in [4.78, 5) is 33.1. The molecule has 0 fully saturated rings. The van der Waals surface area contributed by atoms with Crippen LogP contribution in [0.2, 0.25) is 5.02 Å². The molecule has 0 atom stereocenters. The number of nitrogens with one attached hydrogen (secondary N) is 2. The zero-order valence-corrected chi connectivity index (χ0v) is 20.9. The van der Waals surface area contributed by atoms with E-state index in [4.69, 9.17) is 21.1 Å². The molecule has 8 nitrogen and oxygen atoms in total. The third kappa shape index (κ3) is 6.07. The average Bonchev–Trinajstić information content (AvgIpc) is 2.86. The minimum absolute atomic E-state index is 0.161. The highest BCUT2D eigenvalue weighted by Crippen LogP contribution is 2.33. The second kappa shape index (κ2) is 11.5. The van der Waals surface area contributed by atoms with Gasteiger partial charge >= 0.3 is 6.03 Å². The number of fused-ring (bicyclic) bond motifs is 2. The van der Waals surface area contributed by atoms with Crippen LogP contribution >= 0.6 is 11.6 Å². The van der Waals surface area contributed by atoms with Crippen LogP contribution in [0.4, 0.5) is 10.5 Å². The highest BCUT2D eigenvalue weighted by molar-refractivity contribution is 6.33. The van der Waals surface area contributed by atoms with E-state index in [0.717, 1.165) is 31.4 Å². The molecule has 3 aromatic rings. The number of benzene rings is 2. The van der Waals surface area contributed by atoms with Gasteiger partial charge in [-0.2, -0.15) is 0 Å². The van der Waals surface area contributed by atoms with Gasteiger partial charge in [0.25, 0.3) is 5.56 Å². The Morgan fingerprint density at radius 3 is 2.49 bits per heavy atom. The molecule has 0 saturated carbocycles. The fraction of sp³-hybridized carbons (Fsp3) is 0.385. The molecule has 186 valence electrons. The number of hydrogen-bond donors (Lipinski definition) is 2. The van der Waals surface area contributed by atoms with Crippen molar-refractivity contribution in [2.75, 3.05) is 44.7 Å². The number of H-pyrrole nitrogens is 1. The molecule has 9 heteroatoms. The smallest absolute Gasteiger partial charge is 0.322 e. The van der Waals surface area contributed by atoms with Gasteiger partial charge in [-0.15, -0.1) is 0 Å². The second-order valence-electron chi connectivity index (χ2n) is 8.42. The van der Waals surface area contributed by atoms with Crippen LogP contribution in [0.15, 0.2) is 47.3 Å². The Labute approximate surface area is 209 Å². The van der Waals surface area contributed by atoms with Gasteiger partial charge in [-0.3, -0.25) is 4.79 Å². The van der Waals surface area contributed by atoms with Gasteiger partial charge in [0, 0.05) is 23.6 Å². The number of pyridine rings is 1. The number of ether oxygens (including phenoxy) is 2. The summed E-state index contributed by atoms with van der Waals surface area (Å²) >= 11 is 6.25. The molecule has 0 aliphatic carbocycles. The van der Waals surface area contributed by atoms with E-state index in [-0.39, 0.29) is 18.1 Å². The lowest BCUT2D eigenvalue weighted by atomic mass is 10.1. The number of amides is 2. The lowest BCUT2D eigenvalue weighted by Crippen LogP contribution is -2.38. The van der Waals surface area contributed by atoms with Crippen LogP contribution in [0.5, 0.6) is 11.5 Å². The first kappa shape index (κ1) is 24.9. The average molecular weight is 499 g/mol. The minimum Gasteiger partial charge on any atom is -0.486 e. The molecule has 1 aliphatic rings. The molecule has 1 aliphatic heterocycles. The highest BCUT2D eigenvalue weighted by atomic mass is 35.5. The highest BCUT2D eigenvalue weighted by Gasteiger charge is 2.19. The van der Waals surface area contributed by atoms with Crippen LogP contribution in [0.25, 0.3) is 10.9 Å². The predicted octanol–water partition coefficient (Wildman–Crippen LogP) is 4.72. The maximum Gasteiger partial charge on any atom is 0.322 e. The molecule has 0 bridgehead atoms. The number of hydrogen-bond acceptors (Lipinski definition) is 5. The van der Waals surface area contributed by atoms with Gasteiger partial charge in [0.15, 0.2) is 11.5 Å². The summed E-state index contributed by atoms with van der Waals surface area (Å²) in [5, 5.41) is 4.16. The third-order valence-electron chi connectivity index (χ3n) is 6.14. The lowest BCUT2D eigenvalue weighted by Gasteiger charge is -2.25. The lowest BCUT2D eigenvalue weighted by molar-refractivity contribution is 0.172. The first-order valence-electron chi connectivity index (χ1n) is 12.0.